The van der Waals surface area contributed by atoms with Gasteiger partial charge in [0.15, 0.2) is 0 Å². The van der Waals surface area contributed by atoms with Gasteiger partial charge in [0.05, 0.1) is 11.0 Å². The molecule has 0 bridgehead atoms. The quantitative estimate of drug-likeness (QED) is 0.179. The Morgan fingerprint density at radius 1 is 0.500 bits per heavy atom. The summed E-state index contributed by atoms with van der Waals surface area (Å²) >= 11 is 3.93. The minimum absolute atomic E-state index is 0.0948. The van der Waals surface area contributed by atoms with Gasteiger partial charge in [-0.05, 0) is 87.6 Å². The average Bonchev–Trinajstić information content (AvgIpc) is 3.58. The van der Waals surface area contributed by atoms with Crippen LogP contribution in [0.15, 0.2) is 156 Å². The molecule has 2 nitrogen and oxygen atoms in total. The van der Waals surface area contributed by atoms with Crippen molar-refractivity contribution >= 4 is 65.6 Å². The Balaban J connectivity index is 0.00000165. The van der Waals surface area contributed by atoms with E-state index in [0.717, 1.165) is 27.2 Å². The fourth-order valence-electron chi connectivity index (χ4n) is 7.61. The van der Waals surface area contributed by atoms with Crippen LogP contribution in [0.25, 0.3) is 49.4 Å². The van der Waals surface area contributed by atoms with Crippen molar-refractivity contribution in [2.45, 2.75) is 33.1 Å². The van der Waals surface area contributed by atoms with Crippen LogP contribution in [0.1, 0.15) is 38.8 Å². The van der Waals surface area contributed by atoms with Crippen molar-refractivity contribution in [2.75, 3.05) is 4.90 Å². The molecule has 9 rings (SSSR count). The molecule has 8 aromatic rings. The van der Waals surface area contributed by atoms with Gasteiger partial charge < -0.3 is 9.47 Å². The zero-order valence-corrected chi connectivity index (χ0v) is 29.3. The van der Waals surface area contributed by atoms with Gasteiger partial charge in [-0.1, -0.05) is 141 Å². The van der Waals surface area contributed by atoms with Gasteiger partial charge in [-0.15, -0.1) is 0 Å². The lowest BCUT2D eigenvalue weighted by Gasteiger charge is -2.29. The first-order valence-electron chi connectivity index (χ1n) is 16.8. The van der Waals surface area contributed by atoms with Crippen LogP contribution in [0.2, 0.25) is 0 Å². The fourth-order valence-corrected chi connectivity index (χ4v) is 8.08. The predicted molar refractivity (Wildman–Crippen MR) is 210 cm³/mol. The normalized spacial score (nSPS) is 12.9. The largest absolute Gasteiger partial charge is 0.310 e. The molecule has 234 valence electrons. The number of benzene rings is 7. The summed E-state index contributed by atoms with van der Waals surface area (Å²) in [6, 6.07) is 55.4. The Labute approximate surface area is 291 Å². The molecular formula is C45H37BrN2. The lowest BCUT2D eigenvalue weighted by molar-refractivity contribution is 0.660. The Morgan fingerprint density at radius 3 is 1.83 bits per heavy atom. The number of hydrogen-bond donors (Lipinski definition) is 0. The number of nitrogens with zero attached hydrogens (tertiary/aromatic N) is 2. The van der Waals surface area contributed by atoms with Gasteiger partial charge in [-0.25, -0.2) is 0 Å². The van der Waals surface area contributed by atoms with E-state index in [0.29, 0.717) is 0 Å². The second kappa shape index (κ2) is 11.8. The average molecular weight is 686 g/mol. The number of fused-ring (bicyclic) bond motifs is 7. The van der Waals surface area contributed by atoms with E-state index in [1.807, 2.05) is 13.8 Å². The highest BCUT2D eigenvalue weighted by Crippen LogP contribution is 2.51. The van der Waals surface area contributed by atoms with Crippen LogP contribution in [0.3, 0.4) is 0 Å². The second-order valence-electron chi connectivity index (χ2n) is 12.8. The lowest BCUT2D eigenvalue weighted by atomic mass is 9.82. The van der Waals surface area contributed by atoms with E-state index in [4.69, 9.17) is 0 Å². The van der Waals surface area contributed by atoms with Gasteiger partial charge in [0, 0.05) is 43.4 Å². The van der Waals surface area contributed by atoms with E-state index in [2.05, 4.69) is 191 Å². The van der Waals surface area contributed by atoms with Crippen molar-refractivity contribution in [3.05, 3.63) is 167 Å². The molecule has 0 unspecified atom stereocenters. The molecule has 0 radical (unpaired) electrons. The van der Waals surface area contributed by atoms with Crippen molar-refractivity contribution in [2.24, 2.45) is 0 Å². The van der Waals surface area contributed by atoms with E-state index >= 15 is 0 Å². The monoisotopic (exact) mass is 684 g/mol. The van der Waals surface area contributed by atoms with Crippen LogP contribution in [0.5, 0.6) is 0 Å². The topological polar surface area (TPSA) is 8.17 Å². The maximum atomic E-state index is 3.93. The van der Waals surface area contributed by atoms with E-state index in [9.17, 15) is 0 Å². The molecule has 1 aromatic heterocycles. The van der Waals surface area contributed by atoms with Gasteiger partial charge in [0.2, 0.25) is 0 Å². The molecule has 0 atom stereocenters. The molecule has 0 aliphatic heterocycles. The van der Waals surface area contributed by atoms with Crippen molar-refractivity contribution in [3.63, 3.8) is 0 Å². The molecule has 0 spiro atoms. The molecule has 1 heterocycles. The van der Waals surface area contributed by atoms with Crippen LogP contribution in [-0.4, -0.2) is 4.57 Å². The molecule has 3 heteroatoms. The van der Waals surface area contributed by atoms with E-state index in [1.165, 1.54) is 54.8 Å². The summed E-state index contributed by atoms with van der Waals surface area (Å²) in [6.07, 6.45) is 0. The molecule has 0 N–H and O–H groups in total. The fraction of sp³-hybridized carbons (Fsp3) is 0.111. The van der Waals surface area contributed by atoms with Gasteiger partial charge in [0.1, 0.15) is 0 Å². The minimum Gasteiger partial charge on any atom is -0.310 e. The van der Waals surface area contributed by atoms with E-state index in [1.54, 1.807) is 0 Å². The van der Waals surface area contributed by atoms with Crippen LogP contribution >= 0.6 is 15.9 Å². The maximum absolute atomic E-state index is 3.93. The second-order valence-corrected chi connectivity index (χ2v) is 13.7. The van der Waals surface area contributed by atoms with E-state index < -0.39 is 0 Å². The number of halogens is 1. The number of rotatable bonds is 4. The Kier molecular flexibility index (Phi) is 7.46. The highest BCUT2D eigenvalue weighted by atomic mass is 79.9. The maximum Gasteiger partial charge on any atom is 0.0541 e. The molecule has 0 saturated carbocycles. The first-order valence-corrected chi connectivity index (χ1v) is 17.6. The van der Waals surface area contributed by atoms with Crippen molar-refractivity contribution in [3.8, 4) is 16.8 Å². The van der Waals surface area contributed by atoms with Gasteiger partial charge in [-0.3, -0.25) is 0 Å². The first-order chi connectivity index (χ1) is 23.5. The highest BCUT2D eigenvalue weighted by molar-refractivity contribution is 9.10. The Morgan fingerprint density at radius 2 is 1.08 bits per heavy atom. The zero-order valence-electron chi connectivity index (χ0n) is 27.7. The summed E-state index contributed by atoms with van der Waals surface area (Å²) in [5.41, 5.74) is 12.2. The first kappa shape index (κ1) is 30.2. The van der Waals surface area contributed by atoms with Crippen molar-refractivity contribution < 1.29 is 0 Å². The summed E-state index contributed by atoms with van der Waals surface area (Å²) in [4.78, 5) is 2.41. The van der Waals surface area contributed by atoms with E-state index in [-0.39, 0.29) is 5.41 Å². The predicted octanol–water partition coefficient (Wildman–Crippen LogP) is 13.5. The number of hydrogen-bond acceptors (Lipinski definition) is 1. The Bertz CT molecular complexity index is 2430. The van der Waals surface area contributed by atoms with Crippen molar-refractivity contribution in [1.82, 2.24) is 4.57 Å². The number of anilines is 3. The van der Waals surface area contributed by atoms with Crippen LogP contribution in [0.4, 0.5) is 17.1 Å². The summed E-state index contributed by atoms with van der Waals surface area (Å²) in [5.74, 6) is 0. The molecular weight excluding hydrogens is 648 g/mol. The zero-order chi connectivity index (χ0) is 33.0. The highest BCUT2D eigenvalue weighted by Gasteiger charge is 2.35. The molecule has 48 heavy (non-hydrogen) atoms. The summed E-state index contributed by atoms with van der Waals surface area (Å²) < 4.78 is 3.42. The van der Waals surface area contributed by atoms with Gasteiger partial charge in [-0.2, -0.15) is 0 Å². The standard InChI is InChI=1S/C43H31BrN2.C2H6/c1-43(2)39-16-8-5-13-35(39)36-22-21-32(27-40(36)43)45(31-20-19-28-11-3-4-12-29(28)23-31)33-24-30(44)25-34(26-33)46-41-17-9-6-14-37(41)38-15-7-10-18-42(38)46;1-2/h3-27H,1-2H3;1-2H3. The SMILES string of the molecule is CC.CC1(C)c2ccccc2-c2ccc(N(c3cc(Br)cc(-n4c5ccccc5c5ccccc54)c3)c3ccc4ccccc4c3)cc21. The van der Waals surface area contributed by atoms with Gasteiger partial charge in [0.25, 0.3) is 0 Å². The van der Waals surface area contributed by atoms with Crippen LogP contribution in [-0.2, 0) is 5.41 Å². The summed E-state index contributed by atoms with van der Waals surface area (Å²) in [7, 11) is 0. The molecule has 1 aliphatic rings. The molecule has 7 aromatic carbocycles. The lowest BCUT2D eigenvalue weighted by Crippen LogP contribution is -2.16. The van der Waals surface area contributed by atoms with Crippen LogP contribution in [0, 0.1) is 0 Å². The Hall–Kier alpha value is -5.12. The van der Waals surface area contributed by atoms with Crippen molar-refractivity contribution in [1.29, 1.82) is 0 Å². The summed E-state index contributed by atoms with van der Waals surface area (Å²) in [6.45, 7) is 8.70. The summed E-state index contributed by atoms with van der Waals surface area (Å²) in [5, 5.41) is 4.96. The smallest absolute Gasteiger partial charge is 0.0541 e. The third-order valence-electron chi connectivity index (χ3n) is 9.78. The van der Waals surface area contributed by atoms with Crippen LogP contribution < -0.4 is 4.90 Å². The minimum atomic E-state index is -0.0948. The molecule has 0 fully saturated rings. The molecule has 0 amide bonds. The van der Waals surface area contributed by atoms with Gasteiger partial charge >= 0.3 is 0 Å². The molecule has 0 saturated heterocycles. The third-order valence-corrected chi connectivity index (χ3v) is 10.2. The number of aromatic nitrogens is 1. The number of para-hydroxylation sites is 2. The third kappa shape index (κ3) is 4.76. The molecule has 1 aliphatic carbocycles.